The molecule has 0 saturated heterocycles. The van der Waals surface area contributed by atoms with Gasteiger partial charge in [-0.2, -0.15) is 17.6 Å². The zero-order chi connectivity index (χ0) is 22.5. The molecule has 12 heteroatoms. The van der Waals surface area contributed by atoms with Crippen LogP contribution in [0.3, 0.4) is 0 Å². The lowest BCUT2D eigenvalue weighted by atomic mass is 10.1. The highest BCUT2D eigenvalue weighted by Gasteiger charge is 2.26. The van der Waals surface area contributed by atoms with Gasteiger partial charge in [-0.1, -0.05) is 19.6 Å². The zero-order valence-corrected chi connectivity index (χ0v) is 17.6. The van der Waals surface area contributed by atoms with Gasteiger partial charge in [0.2, 0.25) is 0 Å². The topological polar surface area (TPSA) is 75.8 Å². The number of rotatable bonds is 11. The van der Waals surface area contributed by atoms with Gasteiger partial charge in [-0.25, -0.2) is 0 Å². The van der Waals surface area contributed by atoms with Gasteiger partial charge >= 0.3 is 13.2 Å². The van der Waals surface area contributed by atoms with Gasteiger partial charge in [0, 0.05) is 26.9 Å². The van der Waals surface area contributed by atoms with Gasteiger partial charge in [-0.15, -0.1) is 0 Å². The van der Waals surface area contributed by atoms with Crippen LogP contribution in [0.4, 0.5) is 23.2 Å². The summed E-state index contributed by atoms with van der Waals surface area (Å²) in [6, 6.07) is 5.02. The van der Waals surface area contributed by atoms with Crippen molar-refractivity contribution < 1.29 is 36.7 Å². The number of hydrogen-bond acceptors (Lipinski definition) is 5. The van der Waals surface area contributed by atoms with Crippen molar-refractivity contribution in [3.8, 4) is 22.8 Å². The van der Waals surface area contributed by atoms with E-state index in [0.717, 1.165) is 24.2 Å². The van der Waals surface area contributed by atoms with Crippen molar-refractivity contribution in [1.29, 1.82) is 0 Å². The maximum atomic E-state index is 12.8. The third-order valence-corrected chi connectivity index (χ3v) is 5.72. The zero-order valence-electron chi connectivity index (χ0n) is 16.6. The molecule has 0 N–H and O–H groups in total. The number of nitrogens with zero attached hydrogens (tertiary/aromatic N) is 2. The van der Waals surface area contributed by atoms with Crippen LogP contribution in [0.5, 0.6) is 11.5 Å². The molecule has 0 unspecified atom stereocenters. The van der Waals surface area contributed by atoms with Gasteiger partial charge < -0.3 is 18.8 Å². The van der Waals surface area contributed by atoms with Crippen molar-refractivity contribution >= 4 is 13.8 Å². The predicted octanol–water partition coefficient (Wildman–Crippen LogP) is 5.58. The number of aromatic nitrogens is 1. The third kappa shape index (κ3) is 6.73. The Kier molecular flexibility index (Phi) is 7.84. The van der Waals surface area contributed by atoms with Crippen LogP contribution in [-0.2, 0) is 11.5 Å². The van der Waals surface area contributed by atoms with E-state index in [0.29, 0.717) is 6.61 Å². The number of benzene rings is 1. The van der Waals surface area contributed by atoms with E-state index in [4.69, 9.17) is 4.74 Å². The highest BCUT2D eigenvalue weighted by molar-refractivity contribution is 6.76. The summed E-state index contributed by atoms with van der Waals surface area (Å²) in [5, 5.41) is 11.5. The molecule has 0 bridgehead atoms. The number of halogens is 4. The van der Waals surface area contributed by atoms with Crippen molar-refractivity contribution in [3.05, 3.63) is 40.6 Å². The molecule has 0 radical (unpaired) electrons. The van der Waals surface area contributed by atoms with Gasteiger partial charge in [0.25, 0.3) is 5.69 Å². The SMILES string of the molecule is C[Si](C)(C)CCOCn1ccc([N+](=O)[O-])c1-c1cc(OC(F)F)ccc1OC(F)F. The summed E-state index contributed by atoms with van der Waals surface area (Å²) >= 11 is 0. The average Bonchev–Trinajstić information content (AvgIpc) is 3.02. The van der Waals surface area contributed by atoms with Crippen molar-refractivity contribution in [3.63, 3.8) is 0 Å². The molecule has 1 aromatic carbocycles. The summed E-state index contributed by atoms with van der Waals surface area (Å²) in [7, 11) is -1.37. The Hall–Kier alpha value is -2.60. The molecular weight excluding hydrogens is 428 g/mol. The second-order valence-electron chi connectivity index (χ2n) is 7.54. The number of hydrogen-bond donors (Lipinski definition) is 0. The minimum Gasteiger partial charge on any atom is -0.435 e. The predicted molar refractivity (Wildman–Crippen MR) is 104 cm³/mol. The maximum absolute atomic E-state index is 12.8. The van der Waals surface area contributed by atoms with Gasteiger partial charge in [-0.05, 0) is 24.2 Å². The number of nitro groups is 1. The molecule has 2 aromatic rings. The molecule has 0 aliphatic carbocycles. The van der Waals surface area contributed by atoms with Crippen LogP contribution >= 0.6 is 0 Å². The quantitative estimate of drug-likeness (QED) is 0.147. The molecule has 0 atom stereocenters. The summed E-state index contributed by atoms with van der Waals surface area (Å²) in [5.41, 5.74) is -0.737. The van der Waals surface area contributed by atoms with Crippen LogP contribution in [-0.4, -0.2) is 37.4 Å². The summed E-state index contributed by atoms with van der Waals surface area (Å²) in [6.45, 7) is 0.408. The Morgan fingerprint density at radius 1 is 1.10 bits per heavy atom. The van der Waals surface area contributed by atoms with Crippen LogP contribution in [0.1, 0.15) is 0 Å². The molecule has 1 heterocycles. The third-order valence-electron chi connectivity index (χ3n) is 4.01. The van der Waals surface area contributed by atoms with Crippen LogP contribution in [0.2, 0.25) is 25.7 Å². The van der Waals surface area contributed by atoms with Crippen LogP contribution in [0.15, 0.2) is 30.5 Å². The molecule has 1 aromatic heterocycles. The van der Waals surface area contributed by atoms with Crippen LogP contribution in [0, 0.1) is 10.1 Å². The standard InChI is InChI=1S/C18H22F4N2O5Si/c1-30(2,3)9-8-27-11-23-7-6-14(24(25)26)16(23)13-10-12(28-17(19)20)4-5-15(13)29-18(21)22/h4-7,10,17-18H,8-9,11H2,1-3H3. The first-order valence-corrected chi connectivity index (χ1v) is 12.6. The summed E-state index contributed by atoms with van der Waals surface area (Å²) in [4.78, 5) is 10.8. The molecule has 0 amide bonds. The molecular formula is C18H22F4N2O5Si. The molecule has 2 rings (SSSR count). The Morgan fingerprint density at radius 3 is 2.33 bits per heavy atom. The van der Waals surface area contributed by atoms with E-state index in [1.165, 1.54) is 16.8 Å². The van der Waals surface area contributed by atoms with Gasteiger partial charge in [-0.3, -0.25) is 10.1 Å². The molecule has 0 saturated carbocycles. The first-order chi connectivity index (χ1) is 14.0. The smallest absolute Gasteiger partial charge is 0.387 e. The van der Waals surface area contributed by atoms with E-state index < -0.39 is 37.7 Å². The highest BCUT2D eigenvalue weighted by Crippen LogP contribution is 2.40. The van der Waals surface area contributed by atoms with E-state index in [9.17, 15) is 27.7 Å². The lowest BCUT2D eigenvalue weighted by Gasteiger charge is -2.17. The monoisotopic (exact) mass is 450 g/mol. The first kappa shape index (κ1) is 23.7. The fraction of sp³-hybridized carbons (Fsp3) is 0.444. The van der Waals surface area contributed by atoms with Crippen LogP contribution in [0.25, 0.3) is 11.3 Å². The largest absolute Gasteiger partial charge is 0.435 e. The fourth-order valence-electron chi connectivity index (χ4n) is 2.62. The number of alkyl halides is 4. The Bertz CT molecular complexity index is 871. The van der Waals surface area contributed by atoms with Crippen molar-refractivity contribution in [2.75, 3.05) is 6.61 Å². The van der Waals surface area contributed by atoms with Gasteiger partial charge in [0.1, 0.15) is 23.9 Å². The Balaban J connectivity index is 2.46. The minimum atomic E-state index is -3.22. The maximum Gasteiger partial charge on any atom is 0.387 e. The lowest BCUT2D eigenvalue weighted by molar-refractivity contribution is -0.384. The van der Waals surface area contributed by atoms with Gasteiger partial charge in [0.15, 0.2) is 0 Å². The summed E-state index contributed by atoms with van der Waals surface area (Å²) in [5.74, 6) is -0.778. The van der Waals surface area contributed by atoms with E-state index in [2.05, 4.69) is 29.1 Å². The summed E-state index contributed by atoms with van der Waals surface area (Å²) < 4.78 is 66.5. The van der Waals surface area contributed by atoms with Crippen molar-refractivity contribution in [2.45, 2.75) is 45.6 Å². The average molecular weight is 450 g/mol. The second-order valence-corrected chi connectivity index (χ2v) is 13.2. The summed E-state index contributed by atoms with van der Waals surface area (Å²) in [6.07, 6.45) is 1.36. The molecule has 0 aliphatic heterocycles. The van der Waals surface area contributed by atoms with E-state index in [1.807, 2.05) is 0 Å². The first-order valence-electron chi connectivity index (χ1n) is 8.93. The molecule has 166 valence electrons. The normalized spacial score (nSPS) is 11.9. The minimum absolute atomic E-state index is 0.0955. The Morgan fingerprint density at radius 2 is 1.77 bits per heavy atom. The second kappa shape index (κ2) is 9.94. The van der Waals surface area contributed by atoms with Gasteiger partial charge in [0.05, 0.1) is 10.5 Å². The molecule has 0 spiro atoms. The number of ether oxygens (including phenoxy) is 3. The van der Waals surface area contributed by atoms with E-state index >= 15 is 0 Å². The molecule has 30 heavy (non-hydrogen) atoms. The van der Waals surface area contributed by atoms with E-state index in [-0.39, 0.29) is 23.7 Å². The van der Waals surface area contributed by atoms with Crippen LogP contribution < -0.4 is 9.47 Å². The molecule has 7 nitrogen and oxygen atoms in total. The fourth-order valence-corrected chi connectivity index (χ4v) is 3.38. The van der Waals surface area contributed by atoms with Crippen molar-refractivity contribution in [1.82, 2.24) is 4.57 Å². The highest BCUT2D eigenvalue weighted by atomic mass is 28.3. The molecule has 0 aliphatic rings. The molecule has 0 fully saturated rings. The Labute approximate surface area is 171 Å². The van der Waals surface area contributed by atoms with Crippen molar-refractivity contribution in [2.24, 2.45) is 0 Å². The van der Waals surface area contributed by atoms with E-state index in [1.54, 1.807) is 0 Å². The lowest BCUT2D eigenvalue weighted by Crippen LogP contribution is -2.22.